The summed E-state index contributed by atoms with van der Waals surface area (Å²) in [6.45, 7) is 14.6. The van der Waals surface area contributed by atoms with Crippen LogP contribution in [0.5, 0.6) is 0 Å². The maximum absolute atomic E-state index is 3.80. The van der Waals surface area contributed by atoms with Gasteiger partial charge in [0.1, 0.15) is 0 Å². The Hall–Kier alpha value is -0.0800. The van der Waals surface area contributed by atoms with E-state index in [9.17, 15) is 0 Å². The molecule has 2 unspecified atom stereocenters. The topological polar surface area (TPSA) is 15.3 Å². The standard InChI is InChI=1S/C17H34N2/c1-13(2)9-18-17-8-16(14(3)4)11-19(12-17)10-15-6-5-7-15/h13-18H,5-12H2,1-4H3. The Labute approximate surface area is 120 Å². The largest absolute Gasteiger partial charge is 0.312 e. The lowest BCUT2D eigenvalue weighted by Crippen LogP contribution is -2.52. The van der Waals surface area contributed by atoms with Gasteiger partial charge in [-0.15, -0.1) is 0 Å². The summed E-state index contributed by atoms with van der Waals surface area (Å²) >= 11 is 0. The highest BCUT2D eigenvalue weighted by Crippen LogP contribution is 2.30. The Morgan fingerprint density at radius 2 is 1.84 bits per heavy atom. The molecule has 1 saturated heterocycles. The Morgan fingerprint density at radius 3 is 2.37 bits per heavy atom. The van der Waals surface area contributed by atoms with Crippen LogP contribution in [0.3, 0.4) is 0 Å². The molecule has 1 saturated carbocycles. The third-order valence-corrected chi connectivity index (χ3v) is 5.06. The predicted molar refractivity (Wildman–Crippen MR) is 83.4 cm³/mol. The molecular formula is C17H34N2. The summed E-state index contributed by atoms with van der Waals surface area (Å²) in [6.07, 6.45) is 5.81. The first-order valence-electron chi connectivity index (χ1n) is 8.50. The van der Waals surface area contributed by atoms with Crippen molar-refractivity contribution in [3.8, 4) is 0 Å². The number of likely N-dealkylation sites (tertiary alicyclic amines) is 1. The molecule has 0 radical (unpaired) electrons. The van der Waals surface area contributed by atoms with Crippen molar-refractivity contribution in [2.24, 2.45) is 23.7 Å². The van der Waals surface area contributed by atoms with Crippen LogP contribution < -0.4 is 5.32 Å². The number of nitrogens with zero attached hydrogens (tertiary/aromatic N) is 1. The van der Waals surface area contributed by atoms with Crippen LogP contribution >= 0.6 is 0 Å². The second kappa shape index (κ2) is 7.08. The summed E-state index contributed by atoms with van der Waals surface area (Å²) < 4.78 is 0. The van der Waals surface area contributed by atoms with E-state index in [1.165, 1.54) is 51.9 Å². The van der Waals surface area contributed by atoms with Crippen molar-refractivity contribution in [3.63, 3.8) is 0 Å². The molecule has 2 fully saturated rings. The van der Waals surface area contributed by atoms with E-state index in [0.717, 1.165) is 29.7 Å². The van der Waals surface area contributed by atoms with Crippen LogP contribution in [0, 0.1) is 23.7 Å². The highest BCUT2D eigenvalue weighted by Gasteiger charge is 2.31. The van der Waals surface area contributed by atoms with E-state index in [1.807, 2.05) is 0 Å². The maximum Gasteiger partial charge on any atom is 0.0198 e. The predicted octanol–water partition coefficient (Wildman–Crippen LogP) is 3.38. The monoisotopic (exact) mass is 266 g/mol. The van der Waals surface area contributed by atoms with Crippen LogP contribution in [0.2, 0.25) is 0 Å². The van der Waals surface area contributed by atoms with E-state index in [-0.39, 0.29) is 0 Å². The minimum Gasteiger partial charge on any atom is -0.312 e. The van der Waals surface area contributed by atoms with Gasteiger partial charge >= 0.3 is 0 Å². The van der Waals surface area contributed by atoms with Crippen molar-refractivity contribution in [1.29, 1.82) is 0 Å². The summed E-state index contributed by atoms with van der Waals surface area (Å²) in [4.78, 5) is 2.76. The van der Waals surface area contributed by atoms with Crippen molar-refractivity contribution < 1.29 is 0 Å². The van der Waals surface area contributed by atoms with Gasteiger partial charge in [-0.1, -0.05) is 34.1 Å². The first-order valence-corrected chi connectivity index (χ1v) is 8.50. The average Bonchev–Trinajstić information content (AvgIpc) is 2.31. The molecule has 2 atom stereocenters. The van der Waals surface area contributed by atoms with Crippen LogP contribution in [0.25, 0.3) is 0 Å². The summed E-state index contributed by atoms with van der Waals surface area (Å²) in [7, 11) is 0. The lowest BCUT2D eigenvalue weighted by molar-refractivity contribution is 0.0838. The Morgan fingerprint density at radius 1 is 1.11 bits per heavy atom. The lowest BCUT2D eigenvalue weighted by Gasteiger charge is -2.42. The molecule has 0 amide bonds. The molecule has 0 bridgehead atoms. The fraction of sp³-hybridized carbons (Fsp3) is 1.00. The molecule has 0 aromatic rings. The van der Waals surface area contributed by atoms with E-state index < -0.39 is 0 Å². The van der Waals surface area contributed by atoms with Gasteiger partial charge in [0.05, 0.1) is 0 Å². The lowest BCUT2D eigenvalue weighted by atomic mass is 9.82. The van der Waals surface area contributed by atoms with Gasteiger partial charge in [-0.2, -0.15) is 0 Å². The van der Waals surface area contributed by atoms with E-state index in [0.29, 0.717) is 0 Å². The molecule has 0 aromatic heterocycles. The molecular weight excluding hydrogens is 232 g/mol. The Balaban J connectivity index is 1.84. The zero-order valence-corrected chi connectivity index (χ0v) is 13.5. The minimum atomic E-state index is 0.726. The quantitative estimate of drug-likeness (QED) is 0.793. The molecule has 2 aliphatic rings. The van der Waals surface area contributed by atoms with Gasteiger partial charge in [0.15, 0.2) is 0 Å². The highest BCUT2D eigenvalue weighted by molar-refractivity contribution is 4.87. The van der Waals surface area contributed by atoms with Gasteiger partial charge in [0, 0.05) is 25.7 Å². The molecule has 1 N–H and O–H groups in total. The number of rotatable bonds is 6. The molecule has 112 valence electrons. The fourth-order valence-electron chi connectivity index (χ4n) is 3.46. The van der Waals surface area contributed by atoms with Gasteiger partial charge in [0.25, 0.3) is 0 Å². The third kappa shape index (κ3) is 4.75. The molecule has 2 heteroatoms. The van der Waals surface area contributed by atoms with Crippen LogP contribution in [0.4, 0.5) is 0 Å². The summed E-state index contributed by atoms with van der Waals surface area (Å²) in [5.41, 5.74) is 0. The van der Waals surface area contributed by atoms with Gasteiger partial charge in [-0.05, 0) is 49.5 Å². The molecule has 0 aromatic carbocycles. The maximum atomic E-state index is 3.80. The summed E-state index contributed by atoms with van der Waals surface area (Å²) in [6, 6.07) is 0.726. The van der Waals surface area contributed by atoms with Crippen molar-refractivity contribution in [3.05, 3.63) is 0 Å². The number of nitrogens with one attached hydrogen (secondary N) is 1. The zero-order valence-electron chi connectivity index (χ0n) is 13.5. The van der Waals surface area contributed by atoms with E-state index >= 15 is 0 Å². The van der Waals surface area contributed by atoms with Crippen LogP contribution in [-0.4, -0.2) is 37.1 Å². The van der Waals surface area contributed by atoms with Gasteiger partial charge in [-0.25, -0.2) is 0 Å². The normalized spacial score (nSPS) is 30.0. The second-order valence-corrected chi connectivity index (χ2v) is 7.75. The van der Waals surface area contributed by atoms with Crippen molar-refractivity contribution in [1.82, 2.24) is 10.2 Å². The first-order chi connectivity index (χ1) is 9.04. The van der Waals surface area contributed by atoms with Gasteiger partial charge in [-0.3, -0.25) is 0 Å². The summed E-state index contributed by atoms with van der Waals surface area (Å²) in [5, 5.41) is 3.80. The Bertz CT molecular complexity index is 258. The molecule has 2 nitrogen and oxygen atoms in total. The van der Waals surface area contributed by atoms with E-state index in [2.05, 4.69) is 37.9 Å². The van der Waals surface area contributed by atoms with Gasteiger partial charge in [0.2, 0.25) is 0 Å². The van der Waals surface area contributed by atoms with Crippen LogP contribution in [0.15, 0.2) is 0 Å². The third-order valence-electron chi connectivity index (χ3n) is 5.06. The number of hydrogen-bond donors (Lipinski definition) is 1. The van der Waals surface area contributed by atoms with Crippen LogP contribution in [0.1, 0.15) is 53.4 Å². The van der Waals surface area contributed by atoms with Crippen molar-refractivity contribution in [2.75, 3.05) is 26.2 Å². The minimum absolute atomic E-state index is 0.726. The molecule has 0 spiro atoms. The molecule has 2 rings (SSSR count). The first kappa shape index (κ1) is 15.3. The number of piperidine rings is 1. The smallest absolute Gasteiger partial charge is 0.0198 e. The van der Waals surface area contributed by atoms with Crippen LogP contribution in [-0.2, 0) is 0 Å². The Kier molecular flexibility index (Phi) is 5.70. The van der Waals surface area contributed by atoms with Crippen molar-refractivity contribution in [2.45, 2.75) is 59.4 Å². The van der Waals surface area contributed by atoms with E-state index in [4.69, 9.17) is 0 Å². The molecule has 1 heterocycles. The van der Waals surface area contributed by atoms with Crippen molar-refractivity contribution >= 4 is 0 Å². The second-order valence-electron chi connectivity index (χ2n) is 7.75. The number of hydrogen-bond acceptors (Lipinski definition) is 2. The van der Waals surface area contributed by atoms with Gasteiger partial charge < -0.3 is 10.2 Å². The molecule has 1 aliphatic heterocycles. The average molecular weight is 266 g/mol. The molecule has 19 heavy (non-hydrogen) atoms. The zero-order chi connectivity index (χ0) is 13.8. The fourth-order valence-corrected chi connectivity index (χ4v) is 3.46. The van der Waals surface area contributed by atoms with E-state index in [1.54, 1.807) is 0 Å². The summed E-state index contributed by atoms with van der Waals surface area (Å²) in [5.74, 6) is 3.49. The SMILES string of the molecule is CC(C)CNC1CC(C(C)C)CN(CC2CCC2)C1. The highest BCUT2D eigenvalue weighted by atomic mass is 15.2. The molecule has 1 aliphatic carbocycles.